The molecule has 2 unspecified atom stereocenters. The van der Waals surface area contributed by atoms with Crippen LogP contribution in [0.5, 0.6) is 5.75 Å². The van der Waals surface area contributed by atoms with Gasteiger partial charge in [-0.05, 0) is 23.8 Å². The Kier molecular flexibility index (Phi) is 4.56. The van der Waals surface area contributed by atoms with E-state index in [9.17, 15) is 9.32 Å². The van der Waals surface area contributed by atoms with Gasteiger partial charge in [-0.15, -0.1) is 0 Å². The molecule has 0 spiro atoms. The number of nitrogens with one attached hydrogen (secondary N) is 1. The third kappa shape index (κ3) is 3.55. The molecule has 0 saturated heterocycles. The van der Waals surface area contributed by atoms with Gasteiger partial charge in [0.05, 0.1) is 0 Å². The first kappa shape index (κ1) is 14.0. The Balaban J connectivity index is 2.20. The summed E-state index contributed by atoms with van der Waals surface area (Å²) in [5, 5.41) is 15.5. The summed E-state index contributed by atoms with van der Waals surface area (Å²) in [5.74, 6) is 0.918. The van der Waals surface area contributed by atoms with E-state index in [-0.39, 0.29) is 6.04 Å². The topological polar surface area (TPSA) is 49.3 Å². The lowest BCUT2D eigenvalue weighted by Gasteiger charge is -2.14. The van der Waals surface area contributed by atoms with Crippen molar-refractivity contribution in [3.63, 3.8) is 0 Å². The summed E-state index contributed by atoms with van der Waals surface area (Å²) in [5.41, 5.74) is 0.895. The van der Waals surface area contributed by atoms with Gasteiger partial charge < -0.3 is 10.4 Å². The van der Waals surface area contributed by atoms with Crippen molar-refractivity contribution in [2.75, 3.05) is 12.0 Å². The molecule has 0 radical (unpaired) electrons. The number of rotatable bonds is 5. The first-order valence-corrected chi connectivity index (χ1v) is 8.03. The third-order valence-electron chi connectivity index (χ3n) is 3.13. The van der Waals surface area contributed by atoms with Gasteiger partial charge in [0.15, 0.2) is 0 Å². The molecule has 4 heteroatoms. The van der Waals surface area contributed by atoms with Crippen molar-refractivity contribution in [3.8, 4) is 5.75 Å². The monoisotopic (exact) mass is 277 g/mol. The highest BCUT2D eigenvalue weighted by Crippen LogP contribution is 2.26. The third-order valence-corrected chi connectivity index (χ3v) is 4.10. The highest BCUT2D eigenvalue weighted by Gasteiger charge is 2.09. The molecule has 0 heterocycles. The molecule has 0 fully saturated rings. The molecule has 0 bridgehead atoms. The number of hydrogen-bond donors (Lipinski definition) is 2. The Hall–Kier alpha value is -1.39. The zero-order valence-electron chi connectivity index (χ0n) is 11.2. The van der Waals surface area contributed by atoms with Crippen molar-refractivity contribution in [2.24, 2.45) is 0 Å². The smallest absolute Gasteiger partial charge is 0.120 e. The van der Waals surface area contributed by atoms with E-state index in [1.165, 1.54) is 0 Å². The molecule has 2 aromatic carbocycles. The first-order valence-electron chi connectivity index (χ1n) is 6.31. The van der Waals surface area contributed by atoms with Crippen LogP contribution < -0.4 is 5.32 Å². The molecule has 0 aliphatic rings. The number of hydrogen-bond acceptors (Lipinski definition) is 3. The SMILES string of the molecule is CC(CS(C)=O)NCc1c(O)ccc2ccccc12. The molecule has 0 saturated carbocycles. The average Bonchev–Trinajstić information content (AvgIpc) is 2.36. The lowest BCUT2D eigenvalue weighted by molar-refractivity contribution is 0.463. The van der Waals surface area contributed by atoms with Gasteiger partial charge in [0.1, 0.15) is 5.75 Å². The lowest BCUT2D eigenvalue weighted by atomic mass is 10.0. The van der Waals surface area contributed by atoms with Crippen LogP contribution >= 0.6 is 0 Å². The minimum absolute atomic E-state index is 0.157. The fourth-order valence-electron chi connectivity index (χ4n) is 2.20. The van der Waals surface area contributed by atoms with Crippen LogP contribution in [0.15, 0.2) is 36.4 Å². The second kappa shape index (κ2) is 6.17. The molecular formula is C15H19NO2S. The summed E-state index contributed by atoms with van der Waals surface area (Å²) in [4.78, 5) is 0. The molecule has 0 amide bonds. The van der Waals surface area contributed by atoms with E-state index in [2.05, 4.69) is 5.32 Å². The number of benzene rings is 2. The predicted molar refractivity (Wildman–Crippen MR) is 80.8 cm³/mol. The highest BCUT2D eigenvalue weighted by molar-refractivity contribution is 7.84. The van der Waals surface area contributed by atoms with E-state index < -0.39 is 10.8 Å². The van der Waals surface area contributed by atoms with E-state index in [0.717, 1.165) is 16.3 Å². The van der Waals surface area contributed by atoms with Crippen LogP contribution in [-0.2, 0) is 17.3 Å². The molecule has 3 nitrogen and oxygen atoms in total. The summed E-state index contributed by atoms with van der Waals surface area (Å²) in [7, 11) is -0.811. The van der Waals surface area contributed by atoms with Crippen LogP contribution in [0.25, 0.3) is 10.8 Å². The highest BCUT2D eigenvalue weighted by atomic mass is 32.2. The van der Waals surface area contributed by atoms with E-state index in [1.807, 2.05) is 37.3 Å². The molecule has 0 aliphatic heterocycles. The largest absolute Gasteiger partial charge is 0.508 e. The first-order chi connectivity index (χ1) is 9.08. The van der Waals surface area contributed by atoms with Crippen molar-refractivity contribution in [1.29, 1.82) is 0 Å². The van der Waals surface area contributed by atoms with Crippen LogP contribution in [0.4, 0.5) is 0 Å². The summed E-state index contributed by atoms with van der Waals surface area (Å²) < 4.78 is 11.2. The molecule has 2 N–H and O–H groups in total. The van der Waals surface area contributed by atoms with Gasteiger partial charge >= 0.3 is 0 Å². The summed E-state index contributed by atoms with van der Waals surface area (Å²) >= 11 is 0. The normalized spacial score (nSPS) is 14.4. The molecular weight excluding hydrogens is 258 g/mol. The van der Waals surface area contributed by atoms with Crippen molar-refractivity contribution in [1.82, 2.24) is 5.32 Å². The number of phenolic OH excluding ortho intramolecular Hbond substituents is 1. The second-order valence-electron chi connectivity index (χ2n) is 4.81. The zero-order valence-corrected chi connectivity index (χ0v) is 12.0. The van der Waals surface area contributed by atoms with E-state index in [1.54, 1.807) is 12.3 Å². The summed E-state index contributed by atoms with van der Waals surface area (Å²) in [6.45, 7) is 2.58. The lowest BCUT2D eigenvalue weighted by Crippen LogP contribution is -2.30. The summed E-state index contributed by atoms with van der Waals surface area (Å²) in [6, 6.07) is 11.8. The molecule has 19 heavy (non-hydrogen) atoms. The van der Waals surface area contributed by atoms with Crippen molar-refractivity contribution < 1.29 is 9.32 Å². The fraction of sp³-hybridized carbons (Fsp3) is 0.333. The van der Waals surface area contributed by atoms with Gasteiger partial charge in [-0.1, -0.05) is 30.3 Å². The molecule has 102 valence electrons. The Morgan fingerprint density at radius 3 is 2.74 bits per heavy atom. The summed E-state index contributed by atoms with van der Waals surface area (Å²) in [6.07, 6.45) is 1.70. The van der Waals surface area contributed by atoms with Crippen molar-refractivity contribution >= 4 is 21.6 Å². The van der Waals surface area contributed by atoms with Gasteiger partial charge in [0, 0.05) is 41.0 Å². The minimum atomic E-state index is -0.811. The quantitative estimate of drug-likeness (QED) is 0.882. The van der Waals surface area contributed by atoms with Gasteiger partial charge in [-0.25, -0.2) is 0 Å². The Labute approximate surface area is 116 Å². The van der Waals surface area contributed by atoms with Gasteiger partial charge in [-0.3, -0.25) is 4.21 Å². The van der Waals surface area contributed by atoms with Crippen LogP contribution in [0.2, 0.25) is 0 Å². The minimum Gasteiger partial charge on any atom is -0.508 e. The second-order valence-corrected chi connectivity index (χ2v) is 6.29. The number of aromatic hydroxyl groups is 1. The average molecular weight is 277 g/mol. The van der Waals surface area contributed by atoms with Crippen molar-refractivity contribution in [2.45, 2.75) is 19.5 Å². The van der Waals surface area contributed by atoms with Gasteiger partial charge in [0.25, 0.3) is 0 Å². The standard InChI is InChI=1S/C15H19NO2S/c1-11(10-19(2)18)16-9-14-13-6-4-3-5-12(13)7-8-15(14)17/h3-8,11,16-17H,9-10H2,1-2H3. The fourth-order valence-corrected chi connectivity index (χ4v) is 3.02. The maximum absolute atomic E-state index is 11.2. The van der Waals surface area contributed by atoms with E-state index >= 15 is 0 Å². The maximum atomic E-state index is 11.2. The zero-order chi connectivity index (χ0) is 13.8. The Bertz CT molecular complexity index is 598. The van der Waals surface area contributed by atoms with E-state index in [4.69, 9.17) is 0 Å². The van der Waals surface area contributed by atoms with Gasteiger partial charge in [-0.2, -0.15) is 0 Å². The maximum Gasteiger partial charge on any atom is 0.120 e. The molecule has 0 aromatic heterocycles. The molecule has 2 rings (SSSR count). The van der Waals surface area contributed by atoms with Gasteiger partial charge in [0.2, 0.25) is 0 Å². The van der Waals surface area contributed by atoms with E-state index in [0.29, 0.717) is 18.0 Å². The Morgan fingerprint density at radius 1 is 1.26 bits per heavy atom. The van der Waals surface area contributed by atoms with Crippen LogP contribution in [0.1, 0.15) is 12.5 Å². The molecule has 2 aromatic rings. The van der Waals surface area contributed by atoms with Crippen LogP contribution in [0, 0.1) is 0 Å². The molecule has 0 aliphatic carbocycles. The Morgan fingerprint density at radius 2 is 2.00 bits per heavy atom. The van der Waals surface area contributed by atoms with Crippen LogP contribution in [-0.4, -0.2) is 27.4 Å². The predicted octanol–water partition coefficient (Wildman–Crippen LogP) is 2.40. The van der Waals surface area contributed by atoms with Crippen molar-refractivity contribution in [3.05, 3.63) is 42.0 Å². The molecule has 2 atom stereocenters. The number of phenols is 1. The number of fused-ring (bicyclic) bond motifs is 1. The van der Waals surface area contributed by atoms with Crippen LogP contribution in [0.3, 0.4) is 0 Å².